The number of ketones is 1. The third-order valence-corrected chi connectivity index (χ3v) is 2.18. The SMILES string of the molecule is O=C1Cc2ccc(Cl)cc2C1. The number of Topliss-reactive ketones (excluding diaryl/α,β-unsaturated/α-hetero) is 1. The van der Waals surface area contributed by atoms with Gasteiger partial charge < -0.3 is 0 Å². The molecule has 0 radical (unpaired) electrons. The number of fused-ring (bicyclic) bond motifs is 1. The largest absolute Gasteiger partial charge is 0.299 e. The molecule has 0 N–H and O–H groups in total. The molecule has 11 heavy (non-hydrogen) atoms. The molecular formula is C9H7ClO. The van der Waals surface area contributed by atoms with E-state index < -0.39 is 0 Å². The molecule has 0 atom stereocenters. The summed E-state index contributed by atoms with van der Waals surface area (Å²) in [5.74, 6) is 0.294. The summed E-state index contributed by atoms with van der Waals surface area (Å²) in [7, 11) is 0. The van der Waals surface area contributed by atoms with Gasteiger partial charge in [0, 0.05) is 17.9 Å². The van der Waals surface area contributed by atoms with Crippen LogP contribution in [0.25, 0.3) is 0 Å². The zero-order chi connectivity index (χ0) is 7.84. The number of benzene rings is 1. The molecule has 0 bridgehead atoms. The topological polar surface area (TPSA) is 17.1 Å². The molecule has 0 spiro atoms. The van der Waals surface area contributed by atoms with Gasteiger partial charge in [-0.1, -0.05) is 17.7 Å². The van der Waals surface area contributed by atoms with Gasteiger partial charge in [0.05, 0.1) is 0 Å². The van der Waals surface area contributed by atoms with Gasteiger partial charge in [-0.05, 0) is 23.3 Å². The molecule has 0 aliphatic heterocycles. The van der Waals surface area contributed by atoms with E-state index in [9.17, 15) is 4.79 Å². The highest BCUT2D eigenvalue weighted by Crippen LogP contribution is 2.22. The second kappa shape index (κ2) is 2.35. The monoisotopic (exact) mass is 166 g/mol. The minimum atomic E-state index is 0.294. The maximum Gasteiger partial charge on any atom is 0.141 e. The molecule has 2 heteroatoms. The highest BCUT2D eigenvalue weighted by atomic mass is 35.5. The van der Waals surface area contributed by atoms with Crippen LogP contribution in [0.3, 0.4) is 0 Å². The fraction of sp³-hybridized carbons (Fsp3) is 0.222. The first-order chi connectivity index (χ1) is 5.25. The summed E-state index contributed by atoms with van der Waals surface area (Å²) >= 11 is 5.76. The zero-order valence-corrected chi connectivity index (χ0v) is 6.69. The van der Waals surface area contributed by atoms with Crippen LogP contribution < -0.4 is 0 Å². The summed E-state index contributed by atoms with van der Waals surface area (Å²) in [6, 6.07) is 5.64. The van der Waals surface area contributed by atoms with Crippen LogP contribution >= 0.6 is 11.6 Å². The van der Waals surface area contributed by atoms with Crippen molar-refractivity contribution in [2.45, 2.75) is 12.8 Å². The van der Waals surface area contributed by atoms with Gasteiger partial charge in [0.25, 0.3) is 0 Å². The number of carbonyl (C=O) groups excluding carboxylic acids is 1. The van der Waals surface area contributed by atoms with Gasteiger partial charge in [0.1, 0.15) is 5.78 Å². The van der Waals surface area contributed by atoms with Crippen LogP contribution in [-0.2, 0) is 17.6 Å². The van der Waals surface area contributed by atoms with Gasteiger partial charge in [-0.15, -0.1) is 0 Å². The van der Waals surface area contributed by atoms with Gasteiger partial charge in [-0.3, -0.25) is 4.79 Å². The first kappa shape index (κ1) is 6.86. The molecule has 0 amide bonds. The van der Waals surface area contributed by atoms with E-state index >= 15 is 0 Å². The van der Waals surface area contributed by atoms with E-state index in [1.807, 2.05) is 18.2 Å². The van der Waals surface area contributed by atoms with Gasteiger partial charge in [-0.2, -0.15) is 0 Å². The molecule has 0 heterocycles. The Labute approximate surface area is 70.0 Å². The van der Waals surface area contributed by atoms with Crippen LogP contribution in [0.2, 0.25) is 5.02 Å². The summed E-state index contributed by atoms with van der Waals surface area (Å²) < 4.78 is 0. The van der Waals surface area contributed by atoms with Gasteiger partial charge in [0.15, 0.2) is 0 Å². The van der Waals surface area contributed by atoms with Gasteiger partial charge >= 0.3 is 0 Å². The van der Waals surface area contributed by atoms with E-state index in [4.69, 9.17) is 11.6 Å². The smallest absolute Gasteiger partial charge is 0.141 e. The van der Waals surface area contributed by atoms with Crippen molar-refractivity contribution in [2.24, 2.45) is 0 Å². The van der Waals surface area contributed by atoms with Crippen LogP contribution in [0, 0.1) is 0 Å². The number of hydrogen-bond acceptors (Lipinski definition) is 1. The van der Waals surface area contributed by atoms with Crippen molar-refractivity contribution in [3.8, 4) is 0 Å². The van der Waals surface area contributed by atoms with E-state index in [0.29, 0.717) is 18.6 Å². The number of hydrogen-bond donors (Lipinski definition) is 0. The third-order valence-electron chi connectivity index (χ3n) is 1.94. The van der Waals surface area contributed by atoms with E-state index in [2.05, 4.69) is 0 Å². The maximum atomic E-state index is 11.0. The predicted molar refractivity (Wildman–Crippen MR) is 43.9 cm³/mol. The molecule has 0 aromatic heterocycles. The molecule has 0 unspecified atom stereocenters. The lowest BCUT2D eigenvalue weighted by Crippen LogP contribution is -1.92. The molecule has 1 aromatic carbocycles. The Kier molecular flexibility index (Phi) is 1.46. The third kappa shape index (κ3) is 1.16. The second-order valence-corrected chi connectivity index (χ2v) is 3.24. The Balaban J connectivity index is 2.51. The lowest BCUT2D eigenvalue weighted by Gasteiger charge is -1.95. The molecule has 0 fully saturated rings. The van der Waals surface area contributed by atoms with Crippen LogP contribution in [0.5, 0.6) is 0 Å². The summed E-state index contributed by atoms with van der Waals surface area (Å²) in [6.45, 7) is 0. The molecule has 0 saturated carbocycles. The van der Waals surface area contributed by atoms with Gasteiger partial charge in [0.2, 0.25) is 0 Å². The molecule has 1 aromatic rings. The van der Waals surface area contributed by atoms with Crippen LogP contribution in [0.15, 0.2) is 18.2 Å². The average molecular weight is 167 g/mol. The fourth-order valence-corrected chi connectivity index (χ4v) is 1.61. The van der Waals surface area contributed by atoms with Crippen LogP contribution in [0.1, 0.15) is 11.1 Å². The maximum absolute atomic E-state index is 11.0. The fourth-order valence-electron chi connectivity index (χ4n) is 1.42. The highest BCUT2D eigenvalue weighted by Gasteiger charge is 2.17. The standard InChI is InChI=1S/C9H7ClO/c10-8-2-1-6-4-9(11)5-7(6)3-8/h1-3H,4-5H2. The van der Waals surface area contributed by atoms with Crippen molar-refractivity contribution in [3.63, 3.8) is 0 Å². The quantitative estimate of drug-likeness (QED) is 0.576. The Morgan fingerprint density at radius 3 is 2.73 bits per heavy atom. The Hall–Kier alpha value is -0.820. The van der Waals surface area contributed by atoms with E-state index in [-0.39, 0.29) is 0 Å². The lowest BCUT2D eigenvalue weighted by atomic mass is 10.1. The summed E-state index contributed by atoms with van der Waals surface area (Å²) in [4.78, 5) is 11.0. The van der Waals surface area contributed by atoms with Crippen molar-refractivity contribution >= 4 is 17.4 Å². The molecule has 1 aliphatic rings. The van der Waals surface area contributed by atoms with Crippen molar-refractivity contribution < 1.29 is 4.79 Å². The average Bonchev–Trinajstić information content (AvgIpc) is 2.27. The Morgan fingerprint density at radius 1 is 1.18 bits per heavy atom. The van der Waals surface area contributed by atoms with E-state index in [1.54, 1.807) is 0 Å². The summed E-state index contributed by atoms with van der Waals surface area (Å²) in [5.41, 5.74) is 2.24. The molecular weight excluding hydrogens is 160 g/mol. The minimum absolute atomic E-state index is 0.294. The highest BCUT2D eigenvalue weighted by molar-refractivity contribution is 6.30. The van der Waals surface area contributed by atoms with Crippen molar-refractivity contribution in [1.29, 1.82) is 0 Å². The van der Waals surface area contributed by atoms with Crippen molar-refractivity contribution in [3.05, 3.63) is 34.3 Å². The normalized spacial score (nSPS) is 15.2. The van der Waals surface area contributed by atoms with Crippen LogP contribution in [-0.4, -0.2) is 5.78 Å². The molecule has 56 valence electrons. The van der Waals surface area contributed by atoms with E-state index in [1.165, 1.54) is 0 Å². The zero-order valence-electron chi connectivity index (χ0n) is 5.93. The molecule has 1 nitrogen and oxygen atoms in total. The molecule has 0 saturated heterocycles. The van der Waals surface area contributed by atoms with Crippen molar-refractivity contribution in [2.75, 3.05) is 0 Å². The molecule has 1 aliphatic carbocycles. The first-order valence-corrected chi connectivity index (χ1v) is 3.92. The lowest BCUT2D eigenvalue weighted by molar-refractivity contribution is -0.117. The first-order valence-electron chi connectivity index (χ1n) is 3.55. The predicted octanol–water partition coefficient (Wildman–Crippen LogP) is 2.01. The summed E-state index contributed by atoms with van der Waals surface area (Å²) in [6.07, 6.45) is 1.16. The number of rotatable bonds is 0. The number of halogens is 1. The minimum Gasteiger partial charge on any atom is -0.299 e. The number of carbonyl (C=O) groups is 1. The van der Waals surface area contributed by atoms with Crippen LogP contribution in [0.4, 0.5) is 0 Å². The summed E-state index contributed by atoms with van der Waals surface area (Å²) in [5, 5.41) is 0.721. The van der Waals surface area contributed by atoms with Gasteiger partial charge in [-0.25, -0.2) is 0 Å². The van der Waals surface area contributed by atoms with Crippen molar-refractivity contribution in [1.82, 2.24) is 0 Å². The Bertz CT molecular complexity index is 317. The Morgan fingerprint density at radius 2 is 1.91 bits per heavy atom. The molecule has 2 rings (SSSR count). The van der Waals surface area contributed by atoms with E-state index in [0.717, 1.165) is 16.1 Å². The second-order valence-electron chi connectivity index (χ2n) is 2.81.